The van der Waals surface area contributed by atoms with Crippen LogP contribution in [0.25, 0.3) is 0 Å². The molecule has 0 radical (unpaired) electrons. The zero-order chi connectivity index (χ0) is 8.81. The Morgan fingerprint density at radius 1 is 1.67 bits per heavy atom. The van der Waals surface area contributed by atoms with Crippen molar-refractivity contribution in [3.8, 4) is 5.75 Å². The topological polar surface area (TPSA) is 54.4 Å². The minimum atomic E-state index is 0.353. The van der Waals surface area contributed by atoms with Crippen molar-refractivity contribution in [2.75, 3.05) is 12.1 Å². The van der Waals surface area contributed by atoms with E-state index in [1.165, 1.54) is 0 Å². The fourth-order valence-electron chi connectivity index (χ4n) is 0.803. The molecule has 0 aliphatic heterocycles. The van der Waals surface area contributed by atoms with Crippen LogP contribution in [0.15, 0.2) is 18.3 Å². The van der Waals surface area contributed by atoms with Gasteiger partial charge in [0.25, 0.3) is 0 Å². The summed E-state index contributed by atoms with van der Waals surface area (Å²) in [6.45, 7) is 2.64. The molecular weight excluding hydrogens is 156 g/mol. The number of ether oxygens (including phenoxy) is 1. The number of aromatic nitrogens is 1. The summed E-state index contributed by atoms with van der Waals surface area (Å²) < 4.78 is 5.29. The van der Waals surface area contributed by atoms with Gasteiger partial charge in [0, 0.05) is 6.20 Å². The standard InChI is InChI=1S/C8H12N2O2/c1-2-6-12-7-4-3-5-9-8(7)10-11/h3-5,11H,2,6H2,1H3,(H,9,10). The molecule has 0 saturated carbocycles. The lowest BCUT2D eigenvalue weighted by atomic mass is 10.4. The summed E-state index contributed by atoms with van der Waals surface area (Å²) in [5.41, 5.74) is 1.97. The number of hydrogen-bond donors (Lipinski definition) is 2. The van der Waals surface area contributed by atoms with E-state index in [0.29, 0.717) is 18.2 Å². The van der Waals surface area contributed by atoms with Crippen LogP contribution in [0.3, 0.4) is 0 Å². The summed E-state index contributed by atoms with van der Waals surface area (Å²) in [5.74, 6) is 0.924. The van der Waals surface area contributed by atoms with Crippen LogP contribution in [0.1, 0.15) is 13.3 Å². The van der Waals surface area contributed by atoms with Crippen LogP contribution in [0.5, 0.6) is 5.75 Å². The number of nitrogens with one attached hydrogen (secondary N) is 1. The number of pyridine rings is 1. The Bertz CT molecular complexity index is 240. The normalized spacial score (nSPS) is 9.50. The van der Waals surface area contributed by atoms with Gasteiger partial charge in [-0.05, 0) is 18.6 Å². The highest BCUT2D eigenvalue weighted by Crippen LogP contribution is 2.19. The van der Waals surface area contributed by atoms with Crippen molar-refractivity contribution in [2.24, 2.45) is 0 Å². The lowest BCUT2D eigenvalue weighted by Gasteiger charge is -2.07. The summed E-state index contributed by atoms with van der Waals surface area (Å²) in [6.07, 6.45) is 2.51. The molecule has 0 spiro atoms. The summed E-state index contributed by atoms with van der Waals surface area (Å²) in [7, 11) is 0. The number of rotatable bonds is 4. The third-order valence-electron chi connectivity index (χ3n) is 1.34. The van der Waals surface area contributed by atoms with Gasteiger partial charge in [-0.2, -0.15) is 0 Å². The molecule has 0 saturated heterocycles. The second-order valence-electron chi connectivity index (χ2n) is 2.31. The molecule has 1 heterocycles. The lowest BCUT2D eigenvalue weighted by Crippen LogP contribution is -2.00. The predicted molar refractivity (Wildman–Crippen MR) is 45.4 cm³/mol. The first-order chi connectivity index (χ1) is 5.88. The molecule has 0 amide bonds. The van der Waals surface area contributed by atoms with E-state index < -0.39 is 0 Å². The van der Waals surface area contributed by atoms with Crippen molar-refractivity contribution in [1.82, 2.24) is 4.98 Å². The first kappa shape index (κ1) is 8.80. The number of hydrogen-bond acceptors (Lipinski definition) is 4. The maximum atomic E-state index is 8.63. The molecule has 4 nitrogen and oxygen atoms in total. The fraction of sp³-hybridized carbons (Fsp3) is 0.375. The van der Waals surface area contributed by atoms with Crippen LogP contribution in [0, 0.1) is 0 Å². The molecule has 0 aliphatic rings. The van der Waals surface area contributed by atoms with Gasteiger partial charge in [-0.3, -0.25) is 5.21 Å². The summed E-state index contributed by atoms with van der Waals surface area (Å²) in [4.78, 5) is 3.86. The minimum Gasteiger partial charge on any atom is -0.490 e. The molecule has 0 atom stereocenters. The van der Waals surface area contributed by atoms with Gasteiger partial charge < -0.3 is 4.74 Å². The Morgan fingerprint density at radius 3 is 3.17 bits per heavy atom. The zero-order valence-corrected chi connectivity index (χ0v) is 6.95. The second-order valence-corrected chi connectivity index (χ2v) is 2.31. The van der Waals surface area contributed by atoms with Crippen LogP contribution in [-0.2, 0) is 0 Å². The van der Waals surface area contributed by atoms with E-state index in [-0.39, 0.29) is 0 Å². The highest BCUT2D eigenvalue weighted by molar-refractivity contribution is 5.47. The Kier molecular flexibility index (Phi) is 3.35. The maximum Gasteiger partial charge on any atom is 0.192 e. The van der Waals surface area contributed by atoms with Gasteiger partial charge in [0.05, 0.1) is 6.61 Å². The highest BCUT2D eigenvalue weighted by Gasteiger charge is 2.00. The molecular formula is C8H12N2O2. The Labute approximate surface area is 71.2 Å². The molecule has 0 aromatic carbocycles. The van der Waals surface area contributed by atoms with Gasteiger partial charge in [0.15, 0.2) is 11.6 Å². The summed E-state index contributed by atoms with van der Waals surface area (Å²) in [5, 5.41) is 8.63. The Hall–Kier alpha value is -1.29. The van der Waals surface area contributed by atoms with Crippen LogP contribution >= 0.6 is 0 Å². The van der Waals surface area contributed by atoms with E-state index in [9.17, 15) is 0 Å². The average Bonchev–Trinajstić information content (AvgIpc) is 2.15. The third kappa shape index (κ3) is 2.10. The smallest absolute Gasteiger partial charge is 0.192 e. The van der Waals surface area contributed by atoms with Gasteiger partial charge in [-0.25, -0.2) is 10.5 Å². The summed E-state index contributed by atoms with van der Waals surface area (Å²) in [6, 6.07) is 3.51. The number of anilines is 1. The molecule has 1 aromatic rings. The first-order valence-electron chi connectivity index (χ1n) is 3.86. The molecule has 66 valence electrons. The molecule has 1 rings (SSSR count). The summed E-state index contributed by atoms with van der Waals surface area (Å²) >= 11 is 0. The monoisotopic (exact) mass is 168 g/mol. The second kappa shape index (κ2) is 4.56. The van der Waals surface area contributed by atoms with Crippen LogP contribution < -0.4 is 10.2 Å². The minimum absolute atomic E-state index is 0.353. The largest absolute Gasteiger partial charge is 0.490 e. The van der Waals surface area contributed by atoms with Crippen molar-refractivity contribution in [3.05, 3.63) is 18.3 Å². The highest BCUT2D eigenvalue weighted by atomic mass is 16.5. The molecule has 0 aliphatic carbocycles. The van der Waals surface area contributed by atoms with E-state index in [4.69, 9.17) is 9.94 Å². The Morgan fingerprint density at radius 2 is 2.50 bits per heavy atom. The first-order valence-corrected chi connectivity index (χ1v) is 3.86. The molecule has 12 heavy (non-hydrogen) atoms. The quantitative estimate of drug-likeness (QED) is 0.671. The van der Waals surface area contributed by atoms with E-state index in [1.54, 1.807) is 18.3 Å². The maximum absolute atomic E-state index is 8.63. The van der Waals surface area contributed by atoms with Crippen molar-refractivity contribution in [2.45, 2.75) is 13.3 Å². The predicted octanol–water partition coefficient (Wildman–Crippen LogP) is 1.67. The lowest BCUT2D eigenvalue weighted by molar-refractivity contribution is 0.310. The van der Waals surface area contributed by atoms with E-state index in [0.717, 1.165) is 6.42 Å². The van der Waals surface area contributed by atoms with Crippen molar-refractivity contribution in [3.63, 3.8) is 0 Å². The SMILES string of the molecule is CCCOc1cccnc1NO. The van der Waals surface area contributed by atoms with Crippen LogP contribution in [0.2, 0.25) is 0 Å². The van der Waals surface area contributed by atoms with Gasteiger partial charge in [-0.1, -0.05) is 6.92 Å². The molecule has 0 fully saturated rings. The van der Waals surface area contributed by atoms with Gasteiger partial charge in [-0.15, -0.1) is 0 Å². The van der Waals surface area contributed by atoms with Crippen molar-refractivity contribution in [1.29, 1.82) is 0 Å². The van der Waals surface area contributed by atoms with E-state index in [2.05, 4.69) is 4.98 Å². The molecule has 4 heteroatoms. The third-order valence-corrected chi connectivity index (χ3v) is 1.34. The van der Waals surface area contributed by atoms with Crippen molar-refractivity contribution < 1.29 is 9.94 Å². The van der Waals surface area contributed by atoms with E-state index in [1.807, 2.05) is 12.4 Å². The van der Waals surface area contributed by atoms with Crippen molar-refractivity contribution >= 4 is 5.82 Å². The molecule has 1 aromatic heterocycles. The molecule has 2 N–H and O–H groups in total. The van der Waals surface area contributed by atoms with Crippen LogP contribution in [0.4, 0.5) is 5.82 Å². The Balaban J connectivity index is 2.68. The van der Waals surface area contributed by atoms with Crippen LogP contribution in [-0.4, -0.2) is 16.8 Å². The zero-order valence-electron chi connectivity index (χ0n) is 6.95. The van der Waals surface area contributed by atoms with E-state index >= 15 is 0 Å². The average molecular weight is 168 g/mol. The van der Waals surface area contributed by atoms with Gasteiger partial charge >= 0.3 is 0 Å². The molecule has 0 unspecified atom stereocenters. The fourth-order valence-corrected chi connectivity index (χ4v) is 0.803. The van der Waals surface area contributed by atoms with Gasteiger partial charge in [0.2, 0.25) is 0 Å². The number of nitrogens with zero attached hydrogens (tertiary/aromatic N) is 1. The van der Waals surface area contributed by atoms with Gasteiger partial charge in [0.1, 0.15) is 0 Å². The molecule has 0 bridgehead atoms.